The first-order valence-corrected chi connectivity index (χ1v) is 5.70. The van der Waals surface area contributed by atoms with E-state index in [1.54, 1.807) is 13.3 Å². The van der Waals surface area contributed by atoms with E-state index in [1.165, 1.54) is 0 Å². The minimum atomic E-state index is 0.595. The summed E-state index contributed by atoms with van der Waals surface area (Å²) in [5.74, 6) is 0.791. The number of aromatic nitrogens is 4. The van der Waals surface area contributed by atoms with Crippen LogP contribution in [-0.2, 0) is 11.3 Å². The van der Waals surface area contributed by atoms with Crippen molar-refractivity contribution in [2.45, 2.75) is 13.5 Å². The zero-order chi connectivity index (χ0) is 12.3. The first kappa shape index (κ1) is 11.9. The molecule has 0 aliphatic rings. The Hall–Kier alpha value is -1.53. The molecule has 2 aromatic heterocycles. The monoisotopic (exact) mass is 250 g/mol. The van der Waals surface area contributed by atoms with Gasteiger partial charge in [-0.15, -0.1) is 0 Å². The largest absolute Gasteiger partial charge is 0.383 e. The molecule has 17 heavy (non-hydrogen) atoms. The molecule has 2 rings (SSSR count). The van der Waals surface area contributed by atoms with E-state index < -0.39 is 0 Å². The standard InChI is InChI=1S/C11H14N4OS/c1-8-3-4-9(7-12-8)10-13-14-11(17)15(10)5-6-16-2/h3-4,7H,5-6H2,1-2H3,(H,14,17). The van der Waals surface area contributed by atoms with Crippen LogP contribution in [0.3, 0.4) is 0 Å². The van der Waals surface area contributed by atoms with Crippen molar-refractivity contribution in [3.63, 3.8) is 0 Å². The Balaban J connectivity index is 2.38. The molecule has 0 aromatic carbocycles. The molecule has 2 aromatic rings. The molecule has 0 unspecified atom stereocenters. The van der Waals surface area contributed by atoms with Crippen LogP contribution in [0.2, 0.25) is 0 Å². The number of aryl methyl sites for hydroxylation is 1. The third kappa shape index (κ3) is 2.59. The van der Waals surface area contributed by atoms with Gasteiger partial charge in [0, 0.05) is 24.6 Å². The van der Waals surface area contributed by atoms with E-state index in [-0.39, 0.29) is 0 Å². The zero-order valence-corrected chi connectivity index (χ0v) is 10.6. The lowest BCUT2D eigenvalue weighted by Crippen LogP contribution is -2.06. The predicted molar refractivity (Wildman–Crippen MR) is 67.3 cm³/mol. The second-order valence-corrected chi connectivity index (χ2v) is 4.07. The minimum absolute atomic E-state index is 0.595. The van der Waals surface area contributed by atoms with Gasteiger partial charge in [0.1, 0.15) is 0 Å². The lowest BCUT2D eigenvalue weighted by Gasteiger charge is -2.05. The quantitative estimate of drug-likeness (QED) is 0.843. The van der Waals surface area contributed by atoms with E-state index in [2.05, 4.69) is 15.2 Å². The van der Waals surface area contributed by atoms with Gasteiger partial charge < -0.3 is 4.74 Å². The molecule has 2 heterocycles. The molecule has 0 atom stereocenters. The van der Waals surface area contributed by atoms with Gasteiger partial charge in [-0.1, -0.05) is 0 Å². The number of rotatable bonds is 4. The Kier molecular flexibility index (Phi) is 3.65. The fraction of sp³-hybridized carbons (Fsp3) is 0.364. The molecule has 0 saturated carbocycles. The van der Waals surface area contributed by atoms with Gasteiger partial charge in [-0.3, -0.25) is 14.6 Å². The molecule has 0 aliphatic carbocycles. The Morgan fingerprint density at radius 3 is 2.94 bits per heavy atom. The van der Waals surface area contributed by atoms with Gasteiger partial charge >= 0.3 is 0 Å². The summed E-state index contributed by atoms with van der Waals surface area (Å²) in [5.41, 5.74) is 1.92. The maximum Gasteiger partial charge on any atom is 0.195 e. The highest BCUT2D eigenvalue weighted by Gasteiger charge is 2.08. The van der Waals surface area contributed by atoms with E-state index in [1.807, 2.05) is 23.6 Å². The highest BCUT2D eigenvalue weighted by atomic mass is 32.1. The minimum Gasteiger partial charge on any atom is -0.383 e. The van der Waals surface area contributed by atoms with Crippen molar-refractivity contribution in [2.75, 3.05) is 13.7 Å². The Morgan fingerprint density at radius 2 is 2.29 bits per heavy atom. The summed E-state index contributed by atoms with van der Waals surface area (Å²) in [4.78, 5) is 4.25. The normalized spacial score (nSPS) is 10.7. The molecule has 0 aliphatic heterocycles. The average Bonchev–Trinajstić information content (AvgIpc) is 2.69. The Morgan fingerprint density at radius 1 is 1.47 bits per heavy atom. The second kappa shape index (κ2) is 5.20. The Bertz CT molecular complexity index is 543. The molecule has 6 heteroatoms. The zero-order valence-electron chi connectivity index (χ0n) is 9.80. The number of nitrogens with zero attached hydrogens (tertiary/aromatic N) is 3. The molecule has 0 bridgehead atoms. The molecule has 1 N–H and O–H groups in total. The van der Waals surface area contributed by atoms with Crippen LogP contribution in [0.25, 0.3) is 11.4 Å². The highest BCUT2D eigenvalue weighted by Crippen LogP contribution is 2.16. The third-order valence-corrected chi connectivity index (χ3v) is 2.76. The number of nitrogens with one attached hydrogen (secondary N) is 1. The maximum atomic E-state index is 5.18. The van der Waals surface area contributed by atoms with Crippen molar-refractivity contribution < 1.29 is 4.74 Å². The van der Waals surface area contributed by atoms with Gasteiger partial charge in [0.25, 0.3) is 0 Å². The van der Waals surface area contributed by atoms with E-state index in [0.717, 1.165) is 17.1 Å². The molecule has 0 fully saturated rings. The second-order valence-electron chi connectivity index (χ2n) is 3.69. The van der Waals surface area contributed by atoms with E-state index in [9.17, 15) is 0 Å². The van der Waals surface area contributed by atoms with Crippen molar-refractivity contribution in [3.8, 4) is 11.4 Å². The smallest absolute Gasteiger partial charge is 0.195 e. The third-order valence-electron chi connectivity index (χ3n) is 2.45. The summed E-state index contributed by atoms with van der Waals surface area (Å²) >= 11 is 5.18. The number of pyridine rings is 1. The van der Waals surface area contributed by atoms with Crippen LogP contribution >= 0.6 is 12.2 Å². The summed E-state index contributed by atoms with van der Waals surface area (Å²) in [7, 11) is 1.66. The first-order valence-electron chi connectivity index (χ1n) is 5.29. The average molecular weight is 250 g/mol. The van der Waals surface area contributed by atoms with E-state index >= 15 is 0 Å². The fourth-order valence-corrected chi connectivity index (χ4v) is 1.75. The predicted octanol–water partition coefficient (Wildman–Crippen LogP) is 1.96. The van der Waals surface area contributed by atoms with Gasteiger partial charge in [0.15, 0.2) is 10.6 Å². The molecule has 0 spiro atoms. The topological polar surface area (TPSA) is 55.7 Å². The van der Waals surface area contributed by atoms with Gasteiger partial charge in [-0.2, -0.15) is 5.10 Å². The molecule has 0 saturated heterocycles. The van der Waals surface area contributed by atoms with E-state index in [0.29, 0.717) is 17.9 Å². The van der Waals surface area contributed by atoms with Crippen LogP contribution < -0.4 is 0 Å². The van der Waals surface area contributed by atoms with Crippen LogP contribution in [0, 0.1) is 11.7 Å². The highest BCUT2D eigenvalue weighted by molar-refractivity contribution is 7.71. The summed E-state index contributed by atoms with van der Waals surface area (Å²) in [6.07, 6.45) is 1.80. The lowest BCUT2D eigenvalue weighted by atomic mass is 10.2. The van der Waals surface area contributed by atoms with Crippen molar-refractivity contribution in [1.82, 2.24) is 19.7 Å². The van der Waals surface area contributed by atoms with Gasteiger partial charge in [0.05, 0.1) is 13.2 Å². The van der Waals surface area contributed by atoms with Crippen molar-refractivity contribution in [1.29, 1.82) is 0 Å². The van der Waals surface area contributed by atoms with Crippen LogP contribution in [0.15, 0.2) is 18.3 Å². The molecule has 0 amide bonds. The molecule has 0 radical (unpaired) electrons. The number of ether oxygens (including phenoxy) is 1. The summed E-state index contributed by atoms with van der Waals surface area (Å²) in [5, 5.41) is 7.01. The van der Waals surface area contributed by atoms with E-state index in [4.69, 9.17) is 17.0 Å². The molecular formula is C11H14N4OS. The van der Waals surface area contributed by atoms with Gasteiger partial charge in [-0.25, -0.2) is 0 Å². The van der Waals surface area contributed by atoms with Crippen LogP contribution in [-0.4, -0.2) is 33.5 Å². The van der Waals surface area contributed by atoms with Crippen LogP contribution in [0.1, 0.15) is 5.69 Å². The van der Waals surface area contributed by atoms with Crippen molar-refractivity contribution in [3.05, 3.63) is 28.8 Å². The van der Waals surface area contributed by atoms with Gasteiger partial charge in [-0.05, 0) is 31.3 Å². The summed E-state index contributed by atoms with van der Waals surface area (Å²) in [6, 6.07) is 3.93. The van der Waals surface area contributed by atoms with Crippen LogP contribution in [0.5, 0.6) is 0 Å². The number of aromatic amines is 1. The van der Waals surface area contributed by atoms with Crippen molar-refractivity contribution >= 4 is 12.2 Å². The SMILES string of the molecule is COCCn1c(-c2ccc(C)nc2)n[nH]c1=S. The molecular weight excluding hydrogens is 236 g/mol. The first-order chi connectivity index (χ1) is 8.22. The number of methoxy groups -OCH3 is 1. The maximum absolute atomic E-state index is 5.18. The summed E-state index contributed by atoms with van der Waals surface area (Å²) < 4.78 is 7.56. The number of hydrogen-bond acceptors (Lipinski definition) is 4. The fourth-order valence-electron chi connectivity index (χ4n) is 1.53. The molecule has 5 nitrogen and oxygen atoms in total. The number of H-pyrrole nitrogens is 1. The number of hydrogen-bond donors (Lipinski definition) is 1. The Labute approximate surface area is 104 Å². The summed E-state index contributed by atoms with van der Waals surface area (Å²) in [6.45, 7) is 3.22. The lowest BCUT2D eigenvalue weighted by molar-refractivity contribution is 0.187. The van der Waals surface area contributed by atoms with Gasteiger partial charge in [0.2, 0.25) is 0 Å². The van der Waals surface area contributed by atoms with Crippen molar-refractivity contribution in [2.24, 2.45) is 0 Å². The van der Waals surface area contributed by atoms with Crippen LogP contribution in [0.4, 0.5) is 0 Å². The molecule has 90 valence electrons.